The lowest BCUT2D eigenvalue weighted by molar-refractivity contribution is 0.103. The van der Waals surface area contributed by atoms with Gasteiger partial charge in [0.1, 0.15) is 11.5 Å². The van der Waals surface area contributed by atoms with Gasteiger partial charge in [0.05, 0.1) is 19.8 Å². The highest BCUT2D eigenvalue weighted by molar-refractivity contribution is 6.12. The minimum absolute atomic E-state index is 0.218. The van der Waals surface area contributed by atoms with E-state index < -0.39 is 0 Å². The molecule has 0 unspecified atom stereocenters. The number of benzene rings is 1. The lowest BCUT2D eigenvalue weighted by atomic mass is 10.0. The topological polar surface area (TPSA) is 93.3 Å². The lowest BCUT2D eigenvalue weighted by Crippen LogP contribution is -2.14. The van der Waals surface area contributed by atoms with Gasteiger partial charge in [-0.15, -0.1) is 0 Å². The average molecular weight is 351 g/mol. The zero-order valence-corrected chi connectivity index (χ0v) is 14.3. The van der Waals surface area contributed by atoms with Gasteiger partial charge in [0.15, 0.2) is 5.78 Å². The molecule has 7 nitrogen and oxygen atoms in total. The van der Waals surface area contributed by atoms with Gasteiger partial charge in [0.2, 0.25) is 17.3 Å². The SMILES string of the molecule is COc1ccc(Nc2[nH]c(=O)ccc2C(=O)c2ccccc2)c(OC)n1. The van der Waals surface area contributed by atoms with E-state index in [1.165, 1.54) is 26.4 Å². The molecule has 0 radical (unpaired) electrons. The Hall–Kier alpha value is -3.61. The predicted octanol–water partition coefficient (Wildman–Crippen LogP) is 2.76. The summed E-state index contributed by atoms with van der Waals surface area (Å²) in [6, 6.07) is 14.9. The Morgan fingerprint density at radius 3 is 2.46 bits per heavy atom. The standard InChI is InChI=1S/C19H17N3O4/c1-25-16-11-9-14(19(22-16)26-2)20-18-13(8-10-15(23)21-18)17(24)12-6-4-3-5-7-12/h3-11H,1-2H3,(H2,20,21,23). The van der Waals surface area contributed by atoms with Crippen LogP contribution in [-0.2, 0) is 0 Å². The number of aromatic nitrogens is 2. The Morgan fingerprint density at radius 2 is 1.77 bits per heavy atom. The number of hydrogen-bond donors (Lipinski definition) is 2. The molecule has 0 atom stereocenters. The lowest BCUT2D eigenvalue weighted by Gasteiger charge is -2.13. The largest absolute Gasteiger partial charge is 0.481 e. The Morgan fingerprint density at radius 1 is 1.00 bits per heavy atom. The minimum atomic E-state index is -0.336. The zero-order valence-electron chi connectivity index (χ0n) is 14.3. The van der Waals surface area contributed by atoms with Crippen molar-refractivity contribution in [3.63, 3.8) is 0 Å². The Kier molecular flexibility index (Phi) is 4.98. The van der Waals surface area contributed by atoms with E-state index in [1.807, 2.05) is 6.07 Å². The molecule has 2 aromatic heterocycles. The number of carbonyl (C=O) groups is 1. The highest BCUT2D eigenvalue weighted by atomic mass is 16.5. The van der Waals surface area contributed by atoms with Crippen molar-refractivity contribution in [1.29, 1.82) is 0 Å². The molecule has 3 rings (SSSR count). The van der Waals surface area contributed by atoms with Crippen molar-refractivity contribution in [3.05, 3.63) is 76.1 Å². The van der Waals surface area contributed by atoms with E-state index in [4.69, 9.17) is 9.47 Å². The fourth-order valence-corrected chi connectivity index (χ4v) is 2.43. The minimum Gasteiger partial charge on any atom is -0.481 e. The molecule has 1 aromatic carbocycles. The molecular weight excluding hydrogens is 334 g/mol. The molecule has 132 valence electrons. The molecule has 0 saturated carbocycles. The van der Waals surface area contributed by atoms with Crippen molar-refractivity contribution < 1.29 is 14.3 Å². The van der Waals surface area contributed by atoms with Crippen molar-refractivity contribution >= 4 is 17.3 Å². The number of ether oxygens (including phenoxy) is 2. The van der Waals surface area contributed by atoms with Gasteiger partial charge >= 0.3 is 0 Å². The summed E-state index contributed by atoms with van der Waals surface area (Å²) in [4.78, 5) is 31.4. The summed E-state index contributed by atoms with van der Waals surface area (Å²) in [5, 5.41) is 3.02. The fourth-order valence-electron chi connectivity index (χ4n) is 2.43. The number of rotatable bonds is 6. The molecule has 0 amide bonds. The fraction of sp³-hybridized carbons (Fsp3) is 0.105. The number of ketones is 1. The summed E-state index contributed by atoms with van der Waals surface area (Å²) in [5.74, 6) is 0.697. The molecule has 0 aliphatic heterocycles. The molecule has 0 bridgehead atoms. The van der Waals surface area contributed by atoms with E-state index in [0.29, 0.717) is 22.7 Å². The molecule has 0 fully saturated rings. The first-order chi connectivity index (χ1) is 12.6. The maximum absolute atomic E-state index is 12.8. The highest BCUT2D eigenvalue weighted by Crippen LogP contribution is 2.28. The predicted molar refractivity (Wildman–Crippen MR) is 97.6 cm³/mol. The van der Waals surface area contributed by atoms with Crippen LogP contribution >= 0.6 is 0 Å². The molecule has 0 spiro atoms. The first-order valence-corrected chi connectivity index (χ1v) is 7.81. The maximum atomic E-state index is 12.8. The molecular formula is C19H17N3O4. The van der Waals surface area contributed by atoms with Gasteiger partial charge in [-0.3, -0.25) is 9.59 Å². The number of H-pyrrole nitrogens is 1. The van der Waals surface area contributed by atoms with Gasteiger partial charge in [-0.25, -0.2) is 0 Å². The van der Waals surface area contributed by atoms with Crippen molar-refractivity contribution in [2.24, 2.45) is 0 Å². The van der Waals surface area contributed by atoms with Crippen LogP contribution < -0.4 is 20.3 Å². The Balaban J connectivity index is 2.02. The van der Waals surface area contributed by atoms with Crippen LogP contribution in [0, 0.1) is 0 Å². The van der Waals surface area contributed by atoms with Crippen LogP contribution in [0.25, 0.3) is 0 Å². The second kappa shape index (κ2) is 7.52. The third kappa shape index (κ3) is 3.56. The van der Waals surface area contributed by atoms with E-state index in [0.717, 1.165) is 0 Å². The third-order valence-corrected chi connectivity index (χ3v) is 3.70. The zero-order chi connectivity index (χ0) is 18.5. The highest BCUT2D eigenvalue weighted by Gasteiger charge is 2.16. The quantitative estimate of drug-likeness (QED) is 0.663. The van der Waals surface area contributed by atoms with Crippen molar-refractivity contribution in [2.45, 2.75) is 0 Å². The second-order valence-electron chi connectivity index (χ2n) is 5.34. The summed E-state index contributed by atoms with van der Waals surface area (Å²) in [7, 11) is 2.97. The van der Waals surface area contributed by atoms with Crippen LogP contribution in [0.4, 0.5) is 11.5 Å². The second-order valence-corrected chi connectivity index (χ2v) is 5.34. The van der Waals surface area contributed by atoms with Crippen LogP contribution in [-0.4, -0.2) is 30.0 Å². The monoisotopic (exact) mass is 351 g/mol. The van der Waals surface area contributed by atoms with Gasteiger partial charge < -0.3 is 19.8 Å². The summed E-state index contributed by atoms with van der Waals surface area (Å²) < 4.78 is 10.3. The number of methoxy groups -OCH3 is 2. The summed E-state index contributed by atoms with van der Waals surface area (Å²) in [5.41, 5.74) is 0.992. The van der Waals surface area contributed by atoms with E-state index in [9.17, 15) is 9.59 Å². The molecule has 2 heterocycles. The maximum Gasteiger partial charge on any atom is 0.249 e. The van der Waals surface area contributed by atoms with Crippen molar-refractivity contribution in [3.8, 4) is 11.8 Å². The Bertz CT molecular complexity index is 984. The van der Waals surface area contributed by atoms with Gasteiger partial charge in [0, 0.05) is 17.7 Å². The number of hydrogen-bond acceptors (Lipinski definition) is 6. The van der Waals surface area contributed by atoms with E-state index in [-0.39, 0.29) is 23.0 Å². The van der Waals surface area contributed by atoms with Crippen molar-refractivity contribution in [1.82, 2.24) is 9.97 Å². The molecule has 26 heavy (non-hydrogen) atoms. The first kappa shape index (κ1) is 17.2. The van der Waals surface area contributed by atoms with E-state index in [2.05, 4.69) is 15.3 Å². The van der Waals surface area contributed by atoms with Gasteiger partial charge in [-0.05, 0) is 12.1 Å². The molecule has 2 N–H and O–H groups in total. The Labute approximate surface area is 149 Å². The van der Waals surface area contributed by atoms with Crippen LogP contribution in [0.2, 0.25) is 0 Å². The number of nitrogens with one attached hydrogen (secondary N) is 2. The molecule has 7 heteroatoms. The third-order valence-electron chi connectivity index (χ3n) is 3.70. The molecule has 0 saturated heterocycles. The summed E-state index contributed by atoms with van der Waals surface area (Å²) in [6.45, 7) is 0. The first-order valence-electron chi connectivity index (χ1n) is 7.81. The number of carbonyl (C=O) groups excluding carboxylic acids is 1. The van der Waals surface area contributed by atoms with E-state index >= 15 is 0 Å². The van der Waals surface area contributed by atoms with Gasteiger partial charge in [0.25, 0.3) is 0 Å². The smallest absolute Gasteiger partial charge is 0.249 e. The molecule has 0 aliphatic carbocycles. The number of pyridine rings is 2. The van der Waals surface area contributed by atoms with Crippen LogP contribution in [0.1, 0.15) is 15.9 Å². The summed E-state index contributed by atoms with van der Waals surface area (Å²) >= 11 is 0. The van der Waals surface area contributed by atoms with Crippen LogP contribution in [0.15, 0.2) is 59.4 Å². The molecule has 3 aromatic rings. The van der Waals surface area contributed by atoms with Crippen LogP contribution in [0.3, 0.4) is 0 Å². The average Bonchev–Trinajstić information content (AvgIpc) is 2.68. The van der Waals surface area contributed by atoms with Crippen molar-refractivity contribution in [2.75, 3.05) is 19.5 Å². The number of nitrogens with zero attached hydrogens (tertiary/aromatic N) is 1. The molecule has 0 aliphatic rings. The van der Waals surface area contributed by atoms with E-state index in [1.54, 1.807) is 36.4 Å². The summed E-state index contributed by atoms with van der Waals surface area (Å²) in [6.07, 6.45) is 0. The van der Waals surface area contributed by atoms with Crippen LogP contribution in [0.5, 0.6) is 11.8 Å². The number of anilines is 2. The normalized spacial score (nSPS) is 10.2. The number of aromatic amines is 1. The van der Waals surface area contributed by atoms with Gasteiger partial charge in [-0.2, -0.15) is 4.98 Å². The van der Waals surface area contributed by atoms with Gasteiger partial charge in [-0.1, -0.05) is 30.3 Å².